The van der Waals surface area contributed by atoms with Gasteiger partial charge in [-0.15, -0.1) is 10.2 Å². The molecule has 162 valence electrons. The summed E-state index contributed by atoms with van der Waals surface area (Å²) in [5.74, 6) is 0.793. The Hall–Kier alpha value is -3.15. The average Bonchev–Trinajstić information content (AvgIpc) is 3.15. The molecule has 1 saturated heterocycles. The smallest absolute Gasteiger partial charge is 0.173 e. The van der Waals surface area contributed by atoms with Gasteiger partial charge in [0.2, 0.25) is 0 Å². The molecule has 0 spiro atoms. The van der Waals surface area contributed by atoms with Gasteiger partial charge in [0.1, 0.15) is 11.4 Å². The van der Waals surface area contributed by atoms with Crippen LogP contribution in [-0.4, -0.2) is 76.0 Å². The van der Waals surface area contributed by atoms with Crippen LogP contribution in [0.4, 0.5) is 5.82 Å². The highest BCUT2D eigenvalue weighted by molar-refractivity contribution is 5.99. The molecule has 8 nitrogen and oxygen atoms in total. The number of rotatable bonds is 6. The van der Waals surface area contributed by atoms with E-state index in [2.05, 4.69) is 39.4 Å². The quantitative estimate of drug-likeness (QED) is 0.634. The van der Waals surface area contributed by atoms with Gasteiger partial charge in [-0.25, -0.2) is 0 Å². The summed E-state index contributed by atoms with van der Waals surface area (Å²) in [4.78, 5) is 4.72. The van der Waals surface area contributed by atoms with E-state index in [9.17, 15) is 5.11 Å². The van der Waals surface area contributed by atoms with Crippen molar-refractivity contribution in [3.63, 3.8) is 0 Å². The predicted octanol–water partition coefficient (Wildman–Crippen LogP) is 2.65. The Morgan fingerprint density at radius 3 is 2.87 bits per heavy atom. The van der Waals surface area contributed by atoms with E-state index < -0.39 is 0 Å². The molecule has 3 heterocycles. The maximum Gasteiger partial charge on any atom is 0.173 e. The van der Waals surface area contributed by atoms with Crippen molar-refractivity contribution < 1.29 is 5.11 Å². The topological polar surface area (TPSA) is 93.2 Å². The number of likely N-dealkylation sites (N-methyl/N-ethyl adjacent to an activating group) is 1. The monoisotopic (exact) mass is 419 g/mol. The Morgan fingerprint density at radius 2 is 2.13 bits per heavy atom. The molecule has 1 aromatic carbocycles. The van der Waals surface area contributed by atoms with E-state index in [0.717, 1.165) is 55.7 Å². The molecule has 8 heteroatoms. The van der Waals surface area contributed by atoms with Crippen LogP contribution in [0.3, 0.4) is 0 Å². The van der Waals surface area contributed by atoms with E-state index in [1.807, 2.05) is 29.9 Å². The number of anilines is 1. The lowest BCUT2D eigenvalue weighted by Crippen LogP contribution is -2.44. The van der Waals surface area contributed by atoms with Gasteiger partial charge in [0.15, 0.2) is 5.82 Å². The lowest BCUT2D eigenvalue weighted by molar-refractivity contribution is 0.197. The van der Waals surface area contributed by atoms with Gasteiger partial charge in [0.25, 0.3) is 0 Å². The molecule has 3 aromatic rings. The van der Waals surface area contributed by atoms with E-state index in [1.54, 1.807) is 12.1 Å². The van der Waals surface area contributed by atoms with Crippen LogP contribution in [0.2, 0.25) is 0 Å². The van der Waals surface area contributed by atoms with E-state index in [1.165, 1.54) is 6.07 Å². The lowest BCUT2D eigenvalue weighted by Gasteiger charge is -2.34. The van der Waals surface area contributed by atoms with E-state index in [0.29, 0.717) is 22.9 Å². The highest BCUT2D eigenvalue weighted by Gasteiger charge is 2.23. The molecule has 0 aliphatic carbocycles. The summed E-state index contributed by atoms with van der Waals surface area (Å²) in [6.45, 7) is 4.23. The Morgan fingerprint density at radius 1 is 1.29 bits per heavy atom. The first-order valence-corrected chi connectivity index (χ1v) is 10.6. The summed E-state index contributed by atoms with van der Waals surface area (Å²) < 4.78 is 2.03. The highest BCUT2D eigenvalue weighted by atomic mass is 16.3. The average molecular weight is 420 g/mol. The summed E-state index contributed by atoms with van der Waals surface area (Å²) in [5, 5.41) is 33.0. The number of nitrogens with one attached hydrogen (secondary N) is 1. The number of aryl methyl sites for hydroxylation is 1. The van der Waals surface area contributed by atoms with Crippen LogP contribution in [0, 0.1) is 11.3 Å². The largest absolute Gasteiger partial charge is 0.507 e. The Kier molecular flexibility index (Phi) is 6.07. The van der Waals surface area contributed by atoms with Gasteiger partial charge in [0.05, 0.1) is 17.1 Å². The molecular weight excluding hydrogens is 390 g/mol. The van der Waals surface area contributed by atoms with Gasteiger partial charge in [-0.3, -0.25) is 0 Å². The molecule has 1 aliphatic rings. The summed E-state index contributed by atoms with van der Waals surface area (Å²) in [7, 11) is 6.20. The van der Waals surface area contributed by atoms with Gasteiger partial charge in [-0.05, 0) is 57.7 Å². The zero-order chi connectivity index (χ0) is 22.0. The fourth-order valence-electron chi connectivity index (χ4n) is 4.23. The molecule has 1 atom stereocenters. The van der Waals surface area contributed by atoms with Crippen molar-refractivity contribution in [2.75, 3.05) is 45.6 Å². The summed E-state index contributed by atoms with van der Waals surface area (Å²) >= 11 is 0. The van der Waals surface area contributed by atoms with E-state index >= 15 is 0 Å². The van der Waals surface area contributed by atoms with Gasteiger partial charge in [-0.1, -0.05) is 0 Å². The molecule has 0 radical (unpaired) electrons. The SMILES string of the molecule is CN(C)CCN1CCC[C@@H](Nc2nnc(-c3ccc(C#N)cc3O)c3ccn(C)c23)C1. The molecular formula is C23H29N7O. The summed E-state index contributed by atoms with van der Waals surface area (Å²) in [6, 6.07) is 9.22. The number of likely N-dealkylation sites (tertiary alicyclic amines) is 1. The van der Waals surface area contributed by atoms with Crippen LogP contribution >= 0.6 is 0 Å². The predicted molar refractivity (Wildman–Crippen MR) is 122 cm³/mol. The standard InChI is InChI=1S/C23H29N7O/c1-28(2)11-12-30-9-4-5-17(15-30)25-23-22-19(8-10-29(22)3)21(26-27-23)18-7-6-16(14-24)13-20(18)31/h6-8,10,13,17,31H,4-5,9,11-12,15H2,1-3H3,(H,25,27)/t17-/m1/s1. The fraction of sp³-hybridized carbons (Fsp3) is 0.435. The number of aromatic nitrogens is 3. The first-order chi connectivity index (χ1) is 15.0. The molecule has 1 aliphatic heterocycles. The van der Waals surface area contributed by atoms with Crippen molar-refractivity contribution in [3.8, 4) is 23.1 Å². The molecule has 1 fully saturated rings. The maximum absolute atomic E-state index is 10.4. The minimum Gasteiger partial charge on any atom is -0.507 e. The van der Waals surface area contributed by atoms with Gasteiger partial charge < -0.3 is 24.8 Å². The number of phenolic OH excluding ortho intramolecular Hbond substituents is 1. The molecule has 2 aromatic heterocycles. The Labute approximate surface area is 182 Å². The second-order valence-electron chi connectivity index (χ2n) is 8.52. The highest BCUT2D eigenvalue weighted by Crippen LogP contribution is 2.35. The third-order valence-corrected chi connectivity index (χ3v) is 5.89. The molecule has 31 heavy (non-hydrogen) atoms. The number of nitriles is 1. The van der Waals surface area contributed by atoms with Gasteiger partial charge in [-0.2, -0.15) is 5.26 Å². The van der Waals surface area contributed by atoms with Crippen LogP contribution in [-0.2, 0) is 7.05 Å². The first-order valence-electron chi connectivity index (χ1n) is 10.6. The van der Waals surface area contributed by atoms with E-state index in [4.69, 9.17) is 5.26 Å². The number of benzene rings is 1. The third kappa shape index (κ3) is 4.48. The number of hydrogen-bond acceptors (Lipinski definition) is 7. The number of piperidine rings is 1. The second kappa shape index (κ2) is 8.92. The minimum atomic E-state index is 0.0306. The van der Waals surface area contributed by atoms with Crippen molar-refractivity contribution in [1.29, 1.82) is 5.26 Å². The molecule has 0 amide bonds. The number of aromatic hydroxyl groups is 1. The second-order valence-corrected chi connectivity index (χ2v) is 8.52. The summed E-state index contributed by atoms with van der Waals surface area (Å²) in [5.41, 5.74) is 2.55. The zero-order valence-corrected chi connectivity index (χ0v) is 18.3. The number of hydrogen-bond donors (Lipinski definition) is 2. The Bertz CT molecular complexity index is 1120. The molecule has 0 bridgehead atoms. The lowest BCUT2D eigenvalue weighted by atomic mass is 10.0. The fourth-order valence-corrected chi connectivity index (χ4v) is 4.23. The van der Waals surface area contributed by atoms with Crippen LogP contribution in [0.25, 0.3) is 22.2 Å². The first kappa shape index (κ1) is 21.1. The van der Waals surface area contributed by atoms with Crippen LogP contribution in [0.1, 0.15) is 18.4 Å². The molecule has 2 N–H and O–H groups in total. The third-order valence-electron chi connectivity index (χ3n) is 5.89. The van der Waals surface area contributed by atoms with Crippen molar-refractivity contribution >= 4 is 16.7 Å². The van der Waals surface area contributed by atoms with Crippen molar-refractivity contribution in [2.45, 2.75) is 18.9 Å². The number of fused-ring (bicyclic) bond motifs is 1. The van der Waals surface area contributed by atoms with Gasteiger partial charge in [0, 0.05) is 49.9 Å². The van der Waals surface area contributed by atoms with Crippen LogP contribution < -0.4 is 5.32 Å². The number of phenols is 1. The molecule has 0 saturated carbocycles. The van der Waals surface area contributed by atoms with Crippen molar-refractivity contribution in [1.82, 2.24) is 24.6 Å². The van der Waals surface area contributed by atoms with Crippen molar-refractivity contribution in [3.05, 3.63) is 36.0 Å². The zero-order valence-electron chi connectivity index (χ0n) is 18.3. The minimum absolute atomic E-state index is 0.0306. The van der Waals surface area contributed by atoms with Gasteiger partial charge >= 0.3 is 0 Å². The maximum atomic E-state index is 10.4. The van der Waals surface area contributed by atoms with Crippen molar-refractivity contribution in [2.24, 2.45) is 7.05 Å². The Balaban J connectivity index is 1.61. The van der Waals surface area contributed by atoms with Crippen LogP contribution in [0.5, 0.6) is 5.75 Å². The number of nitrogens with zero attached hydrogens (tertiary/aromatic N) is 6. The van der Waals surface area contributed by atoms with Crippen LogP contribution in [0.15, 0.2) is 30.5 Å². The molecule has 4 rings (SSSR count). The van der Waals surface area contributed by atoms with E-state index in [-0.39, 0.29) is 5.75 Å². The summed E-state index contributed by atoms with van der Waals surface area (Å²) in [6.07, 6.45) is 4.24. The normalized spacial score (nSPS) is 17.2. The molecule has 0 unspecified atom stereocenters.